The molecule has 0 atom stereocenters. The van der Waals surface area contributed by atoms with Gasteiger partial charge in [-0.2, -0.15) is 0 Å². The van der Waals surface area contributed by atoms with E-state index in [0.717, 1.165) is 5.56 Å². The molecule has 4 rings (SSSR count). The minimum atomic E-state index is -3.75. The molecule has 8 nitrogen and oxygen atoms in total. The minimum absolute atomic E-state index is 0.116. The van der Waals surface area contributed by atoms with Gasteiger partial charge < -0.3 is 9.88 Å². The maximum Gasteiger partial charge on any atom is 0.261 e. The molecular weight excluding hydrogens is 354 g/mol. The predicted octanol–water partition coefficient (Wildman–Crippen LogP) is 1.78. The summed E-state index contributed by atoms with van der Waals surface area (Å²) in [6.07, 6.45) is 1.78. The van der Waals surface area contributed by atoms with E-state index in [2.05, 4.69) is 20.2 Å². The number of amides is 1. The first-order valence-corrected chi connectivity index (χ1v) is 9.31. The lowest BCUT2D eigenvalue weighted by molar-refractivity contribution is -0.115. The van der Waals surface area contributed by atoms with Gasteiger partial charge in [-0.1, -0.05) is 0 Å². The predicted molar refractivity (Wildman–Crippen MR) is 96.0 cm³/mol. The fraction of sp³-hybridized carbons (Fsp3) is 0.118. The Kier molecular flexibility index (Phi) is 3.73. The van der Waals surface area contributed by atoms with Crippen LogP contribution in [0.5, 0.6) is 0 Å². The van der Waals surface area contributed by atoms with E-state index in [1.807, 2.05) is 7.05 Å². The second-order valence-electron chi connectivity index (χ2n) is 5.99. The summed E-state index contributed by atoms with van der Waals surface area (Å²) in [4.78, 5) is 11.5. The molecule has 0 fully saturated rings. The van der Waals surface area contributed by atoms with E-state index in [1.165, 1.54) is 12.1 Å². The topological polar surface area (TPSA) is 106 Å². The fourth-order valence-corrected chi connectivity index (χ4v) is 3.93. The normalized spacial score (nSPS) is 13.3. The van der Waals surface area contributed by atoms with Crippen molar-refractivity contribution in [1.29, 1.82) is 0 Å². The number of hydrogen-bond donors (Lipinski definition) is 2. The number of carbonyl (C=O) groups is 1. The highest BCUT2D eigenvalue weighted by Gasteiger charge is 2.22. The van der Waals surface area contributed by atoms with Crippen LogP contribution >= 0.6 is 0 Å². The molecule has 26 heavy (non-hydrogen) atoms. The molecule has 2 aromatic carbocycles. The van der Waals surface area contributed by atoms with Gasteiger partial charge in [-0.05, 0) is 48.0 Å². The Bertz CT molecular complexity index is 1100. The molecule has 1 amide bonds. The van der Waals surface area contributed by atoms with E-state index in [0.29, 0.717) is 22.8 Å². The molecule has 132 valence electrons. The van der Waals surface area contributed by atoms with Crippen molar-refractivity contribution in [3.05, 3.63) is 54.4 Å². The van der Waals surface area contributed by atoms with Gasteiger partial charge in [-0.25, -0.2) is 8.42 Å². The Morgan fingerprint density at radius 3 is 2.62 bits per heavy atom. The Hall–Kier alpha value is -3.20. The van der Waals surface area contributed by atoms with E-state index in [9.17, 15) is 13.2 Å². The monoisotopic (exact) mass is 369 g/mol. The van der Waals surface area contributed by atoms with Crippen molar-refractivity contribution in [2.75, 3.05) is 10.0 Å². The van der Waals surface area contributed by atoms with Gasteiger partial charge >= 0.3 is 0 Å². The van der Waals surface area contributed by atoms with Crippen LogP contribution in [0.2, 0.25) is 0 Å². The van der Waals surface area contributed by atoms with Crippen LogP contribution in [0.15, 0.2) is 53.7 Å². The highest BCUT2D eigenvalue weighted by molar-refractivity contribution is 7.92. The molecule has 0 radical (unpaired) electrons. The van der Waals surface area contributed by atoms with Gasteiger partial charge in [0.15, 0.2) is 5.82 Å². The second kappa shape index (κ2) is 5.95. The van der Waals surface area contributed by atoms with E-state index in [4.69, 9.17) is 0 Å². The van der Waals surface area contributed by atoms with Gasteiger partial charge in [0.2, 0.25) is 5.91 Å². The Balaban J connectivity index is 1.58. The molecule has 0 aliphatic carbocycles. The third-order valence-corrected chi connectivity index (χ3v) is 5.50. The number of aryl methyl sites for hydroxylation is 1. The number of nitrogens with zero attached hydrogens (tertiary/aromatic N) is 3. The van der Waals surface area contributed by atoms with Gasteiger partial charge in [0.25, 0.3) is 10.0 Å². The number of nitrogens with one attached hydrogen (secondary N) is 2. The lowest BCUT2D eigenvalue weighted by Gasteiger charge is -2.10. The average molecular weight is 369 g/mol. The Morgan fingerprint density at radius 1 is 1.15 bits per heavy atom. The number of hydrogen-bond acceptors (Lipinski definition) is 5. The zero-order valence-electron chi connectivity index (χ0n) is 13.8. The molecule has 1 aliphatic rings. The second-order valence-corrected chi connectivity index (χ2v) is 7.67. The van der Waals surface area contributed by atoms with E-state index in [-0.39, 0.29) is 17.2 Å². The van der Waals surface area contributed by atoms with Crippen molar-refractivity contribution in [2.24, 2.45) is 7.05 Å². The summed E-state index contributed by atoms with van der Waals surface area (Å²) in [6, 6.07) is 11.5. The molecule has 0 bridgehead atoms. The summed E-state index contributed by atoms with van der Waals surface area (Å²) in [5, 5.41) is 10.5. The Morgan fingerprint density at radius 2 is 1.92 bits per heavy atom. The molecule has 2 heterocycles. The summed E-state index contributed by atoms with van der Waals surface area (Å²) < 4.78 is 29.5. The SMILES string of the molecule is Cn1cnnc1-c1ccc(NS(=O)(=O)c2ccc3c(c2)CC(=O)N3)cc1. The molecule has 0 saturated heterocycles. The third-order valence-electron chi connectivity index (χ3n) is 4.12. The maximum absolute atomic E-state index is 12.6. The smallest absolute Gasteiger partial charge is 0.261 e. The first-order valence-electron chi connectivity index (χ1n) is 7.82. The van der Waals surface area contributed by atoms with Crippen molar-refractivity contribution in [3.8, 4) is 11.4 Å². The lowest BCUT2D eigenvalue weighted by atomic mass is 10.2. The molecule has 0 unspecified atom stereocenters. The summed E-state index contributed by atoms with van der Waals surface area (Å²) in [5.74, 6) is 0.553. The van der Waals surface area contributed by atoms with Crippen LogP contribution in [-0.2, 0) is 28.3 Å². The van der Waals surface area contributed by atoms with Crippen LogP contribution < -0.4 is 10.0 Å². The van der Waals surface area contributed by atoms with Crippen molar-refractivity contribution in [2.45, 2.75) is 11.3 Å². The number of carbonyl (C=O) groups excluding carboxylic acids is 1. The first kappa shape index (κ1) is 16.3. The number of sulfonamides is 1. The van der Waals surface area contributed by atoms with Crippen molar-refractivity contribution < 1.29 is 13.2 Å². The average Bonchev–Trinajstić information content (AvgIpc) is 3.19. The highest BCUT2D eigenvalue weighted by Crippen LogP contribution is 2.27. The zero-order chi connectivity index (χ0) is 18.3. The summed E-state index contributed by atoms with van der Waals surface area (Å²) >= 11 is 0. The third kappa shape index (κ3) is 2.93. The van der Waals surface area contributed by atoms with Crippen molar-refractivity contribution in [1.82, 2.24) is 14.8 Å². The highest BCUT2D eigenvalue weighted by atomic mass is 32.2. The lowest BCUT2D eigenvalue weighted by Crippen LogP contribution is -2.13. The van der Waals surface area contributed by atoms with E-state index < -0.39 is 10.0 Å². The fourth-order valence-electron chi connectivity index (χ4n) is 2.82. The van der Waals surface area contributed by atoms with Crippen LogP contribution in [0.25, 0.3) is 11.4 Å². The molecule has 0 spiro atoms. The molecule has 2 N–H and O–H groups in total. The quantitative estimate of drug-likeness (QED) is 0.729. The molecule has 9 heteroatoms. The summed E-state index contributed by atoms with van der Waals surface area (Å²) in [6.45, 7) is 0. The van der Waals surface area contributed by atoms with Crippen LogP contribution in [0, 0.1) is 0 Å². The van der Waals surface area contributed by atoms with Crippen LogP contribution in [0.1, 0.15) is 5.56 Å². The molecule has 3 aromatic rings. The maximum atomic E-state index is 12.6. The number of benzene rings is 2. The van der Waals surface area contributed by atoms with E-state index in [1.54, 1.807) is 41.2 Å². The molecular formula is C17H15N5O3S. The van der Waals surface area contributed by atoms with Crippen LogP contribution in [0.3, 0.4) is 0 Å². The van der Waals surface area contributed by atoms with Crippen molar-refractivity contribution in [3.63, 3.8) is 0 Å². The first-order chi connectivity index (χ1) is 12.4. The Labute approximate surface area is 149 Å². The minimum Gasteiger partial charge on any atom is -0.326 e. The van der Waals surface area contributed by atoms with Gasteiger partial charge in [-0.3, -0.25) is 9.52 Å². The van der Waals surface area contributed by atoms with Gasteiger partial charge in [0, 0.05) is 24.0 Å². The van der Waals surface area contributed by atoms with Crippen LogP contribution in [0.4, 0.5) is 11.4 Å². The van der Waals surface area contributed by atoms with Gasteiger partial charge in [0.1, 0.15) is 6.33 Å². The largest absolute Gasteiger partial charge is 0.326 e. The molecule has 1 aliphatic heterocycles. The summed E-state index contributed by atoms with van der Waals surface area (Å²) in [7, 11) is -1.92. The van der Waals surface area contributed by atoms with Gasteiger partial charge in [-0.15, -0.1) is 10.2 Å². The number of rotatable bonds is 4. The number of fused-ring (bicyclic) bond motifs is 1. The van der Waals surface area contributed by atoms with Gasteiger partial charge in [0.05, 0.1) is 11.3 Å². The number of anilines is 2. The van der Waals surface area contributed by atoms with Crippen molar-refractivity contribution >= 4 is 27.3 Å². The molecule has 0 saturated carbocycles. The van der Waals surface area contributed by atoms with Crippen LogP contribution in [-0.4, -0.2) is 29.1 Å². The number of aromatic nitrogens is 3. The standard InChI is InChI=1S/C17H15N5O3S/c1-22-10-18-20-17(22)11-2-4-13(5-3-11)21-26(24,25)14-6-7-15-12(8-14)9-16(23)19-15/h2-8,10,21H,9H2,1H3,(H,19,23). The molecule has 1 aromatic heterocycles. The van der Waals surface area contributed by atoms with E-state index >= 15 is 0 Å². The summed E-state index contributed by atoms with van der Waals surface area (Å²) in [5.41, 5.74) is 2.60. The zero-order valence-corrected chi connectivity index (χ0v) is 14.6.